The molecule has 1 saturated heterocycles. The van der Waals surface area contributed by atoms with Crippen LogP contribution in [0.1, 0.15) is 56.8 Å². The molecule has 1 aliphatic carbocycles. The van der Waals surface area contributed by atoms with Gasteiger partial charge in [-0.1, -0.05) is 12.1 Å². The van der Waals surface area contributed by atoms with E-state index < -0.39 is 11.7 Å². The van der Waals surface area contributed by atoms with E-state index in [1.807, 2.05) is 33.9 Å². The highest BCUT2D eigenvalue weighted by Gasteiger charge is 2.30. The van der Waals surface area contributed by atoms with Crippen LogP contribution in [0.15, 0.2) is 40.9 Å². The third kappa shape index (κ3) is 5.61. The number of carbonyl (C=O) groups excluding carboxylic acids is 2. The molecule has 1 N–H and O–H groups in total. The highest BCUT2D eigenvalue weighted by Crippen LogP contribution is 2.39. The van der Waals surface area contributed by atoms with Crippen molar-refractivity contribution in [3.63, 3.8) is 0 Å². The van der Waals surface area contributed by atoms with Gasteiger partial charge in [0.15, 0.2) is 5.82 Å². The summed E-state index contributed by atoms with van der Waals surface area (Å²) >= 11 is 3.77. The summed E-state index contributed by atoms with van der Waals surface area (Å²) in [6.45, 7) is 7.49. The van der Waals surface area contributed by atoms with Crippen LogP contribution in [0.4, 0.5) is 4.79 Å². The number of benzene rings is 2. The summed E-state index contributed by atoms with van der Waals surface area (Å²) < 4.78 is 16.8. The fraction of sp³-hybridized carbons (Fsp3) is 0.469. The zero-order chi connectivity index (χ0) is 29.8. The van der Waals surface area contributed by atoms with Gasteiger partial charge in [-0.25, -0.2) is 9.78 Å². The molecule has 2 aromatic heterocycles. The van der Waals surface area contributed by atoms with E-state index >= 15 is 0 Å². The Morgan fingerprint density at radius 2 is 1.90 bits per heavy atom. The summed E-state index contributed by atoms with van der Waals surface area (Å²) in [6, 6.07) is 12.0. The highest BCUT2D eigenvalue weighted by atomic mass is 79.9. The number of halogens is 1. The molecule has 1 atom stereocenters. The lowest BCUT2D eigenvalue weighted by molar-refractivity contribution is 0.0452. The minimum Gasteiger partial charge on any atom is -0.494 e. The summed E-state index contributed by atoms with van der Waals surface area (Å²) in [5, 5.41) is 4.09. The average molecular weight is 637 g/mol. The van der Waals surface area contributed by atoms with Crippen molar-refractivity contribution < 1.29 is 19.1 Å². The second-order valence-electron chi connectivity index (χ2n) is 12.5. The van der Waals surface area contributed by atoms with Crippen LogP contribution in [-0.4, -0.2) is 62.9 Å². The number of alkyl carbamates (subject to hydrolysis) is 1. The van der Waals surface area contributed by atoms with Crippen LogP contribution in [0, 0.1) is 5.92 Å². The van der Waals surface area contributed by atoms with Gasteiger partial charge in [-0.3, -0.25) is 4.79 Å². The van der Waals surface area contributed by atoms with E-state index in [2.05, 4.69) is 54.6 Å². The molecule has 42 heavy (non-hydrogen) atoms. The van der Waals surface area contributed by atoms with Crippen molar-refractivity contribution in [2.75, 3.05) is 20.2 Å². The Morgan fingerprint density at radius 1 is 1.12 bits per heavy atom. The Labute approximate surface area is 254 Å². The summed E-state index contributed by atoms with van der Waals surface area (Å²) in [7, 11) is 3.62. The molecule has 2 amide bonds. The molecule has 1 saturated carbocycles. The van der Waals surface area contributed by atoms with Gasteiger partial charge in [0.25, 0.3) is 5.91 Å². The van der Waals surface area contributed by atoms with Crippen LogP contribution in [0.2, 0.25) is 0 Å². The molecule has 0 spiro atoms. The van der Waals surface area contributed by atoms with Crippen molar-refractivity contribution in [3.05, 3.63) is 46.4 Å². The fourth-order valence-corrected chi connectivity index (χ4v) is 6.56. The third-order valence-electron chi connectivity index (χ3n) is 8.07. The summed E-state index contributed by atoms with van der Waals surface area (Å²) in [5.74, 6) is 2.00. The SMILES string of the molecule is COc1cc(C(=O)N2CCC[C@@H](NC(=O)OC(C)(C)C)C2)cc2nc(-c3cc4cccc(Br)c4n3CC3CC3)n(C)c12. The summed E-state index contributed by atoms with van der Waals surface area (Å²) in [6.07, 6.45) is 3.61. The number of rotatable bonds is 6. The molecule has 1 aliphatic heterocycles. The Hall–Kier alpha value is -3.53. The first-order chi connectivity index (χ1) is 20.0. The maximum absolute atomic E-state index is 13.8. The van der Waals surface area contributed by atoms with E-state index in [1.54, 1.807) is 18.1 Å². The molecule has 3 heterocycles. The smallest absolute Gasteiger partial charge is 0.407 e. The molecule has 0 bridgehead atoms. The number of ether oxygens (including phenoxy) is 2. The number of hydrogen-bond acceptors (Lipinski definition) is 5. The lowest BCUT2D eigenvalue weighted by Gasteiger charge is -2.33. The number of likely N-dealkylation sites (tertiary alicyclic amines) is 1. The number of nitrogens with zero attached hydrogens (tertiary/aromatic N) is 4. The van der Waals surface area contributed by atoms with Gasteiger partial charge in [0, 0.05) is 48.1 Å². The standard InChI is InChI=1S/C32H38BrN5O4/c1-32(2,3)42-31(40)34-22-9-7-13-37(18-22)30(39)21-14-24-28(26(16-21)41-5)36(4)29(35-24)25-15-20-8-6-10-23(33)27(20)38(25)17-19-11-12-19/h6,8,10,14-16,19,22H,7,9,11-13,17-18H2,1-5H3,(H,34,40)/t22-/m1/s1. The molecule has 0 radical (unpaired) electrons. The summed E-state index contributed by atoms with van der Waals surface area (Å²) in [5.41, 5.74) is 3.71. The van der Waals surface area contributed by atoms with Crippen LogP contribution in [0.5, 0.6) is 5.75 Å². The molecular formula is C32H38BrN5O4. The van der Waals surface area contributed by atoms with E-state index in [-0.39, 0.29) is 11.9 Å². The Morgan fingerprint density at radius 3 is 2.62 bits per heavy atom. The lowest BCUT2D eigenvalue weighted by atomic mass is 10.0. The minimum absolute atomic E-state index is 0.107. The number of carbonyl (C=O) groups is 2. The number of aromatic nitrogens is 3. The van der Waals surface area contributed by atoms with Crippen molar-refractivity contribution in [1.82, 2.24) is 24.3 Å². The van der Waals surface area contributed by atoms with E-state index in [1.165, 1.54) is 18.4 Å². The number of hydrogen-bond donors (Lipinski definition) is 1. The lowest BCUT2D eigenvalue weighted by Crippen LogP contribution is -2.50. The number of methoxy groups -OCH3 is 1. The number of fused-ring (bicyclic) bond motifs is 2. The zero-order valence-corrected chi connectivity index (χ0v) is 26.5. The minimum atomic E-state index is -0.579. The van der Waals surface area contributed by atoms with Crippen molar-refractivity contribution in [3.8, 4) is 17.3 Å². The number of piperidine rings is 1. The molecule has 2 aliphatic rings. The van der Waals surface area contributed by atoms with E-state index in [4.69, 9.17) is 14.5 Å². The average Bonchev–Trinajstić information content (AvgIpc) is 3.59. The molecule has 9 nitrogen and oxygen atoms in total. The first kappa shape index (κ1) is 28.6. The number of nitrogens with one attached hydrogen (secondary N) is 1. The van der Waals surface area contributed by atoms with Crippen molar-refractivity contribution >= 4 is 49.9 Å². The number of para-hydroxylation sites is 1. The van der Waals surface area contributed by atoms with Gasteiger partial charge in [-0.2, -0.15) is 0 Å². The van der Waals surface area contributed by atoms with Crippen LogP contribution >= 0.6 is 15.9 Å². The zero-order valence-electron chi connectivity index (χ0n) is 24.9. The van der Waals surface area contributed by atoms with Gasteiger partial charge in [-0.05, 0) is 92.6 Å². The maximum atomic E-state index is 13.8. The molecular weight excluding hydrogens is 598 g/mol. The fourth-order valence-electron chi connectivity index (χ4n) is 5.97. The monoisotopic (exact) mass is 635 g/mol. The van der Waals surface area contributed by atoms with Gasteiger partial charge in [0.2, 0.25) is 0 Å². The number of aryl methyl sites for hydroxylation is 1. The molecule has 10 heteroatoms. The van der Waals surface area contributed by atoms with Crippen LogP contribution < -0.4 is 10.1 Å². The van der Waals surface area contributed by atoms with Crippen LogP contribution in [0.25, 0.3) is 33.5 Å². The predicted octanol–water partition coefficient (Wildman–Crippen LogP) is 6.51. The summed E-state index contributed by atoms with van der Waals surface area (Å²) in [4.78, 5) is 33.0. The second kappa shape index (κ2) is 10.9. The topological polar surface area (TPSA) is 90.6 Å². The Balaban J connectivity index is 1.33. The molecule has 0 unspecified atom stereocenters. The van der Waals surface area contributed by atoms with Crippen molar-refractivity contribution in [2.45, 2.75) is 64.6 Å². The number of amides is 2. The van der Waals surface area contributed by atoms with Gasteiger partial charge in [0.05, 0.1) is 23.8 Å². The van der Waals surface area contributed by atoms with Crippen LogP contribution in [0.3, 0.4) is 0 Å². The Bertz CT molecular complexity index is 1680. The molecule has 2 fully saturated rings. The van der Waals surface area contributed by atoms with E-state index in [0.717, 1.165) is 46.3 Å². The molecule has 6 rings (SSSR count). The Kier molecular flexibility index (Phi) is 7.45. The normalized spacial score (nSPS) is 17.6. The van der Waals surface area contributed by atoms with Crippen molar-refractivity contribution in [1.29, 1.82) is 0 Å². The van der Waals surface area contributed by atoms with Gasteiger partial charge in [-0.15, -0.1) is 0 Å². The van der Waals surface area contributed by atoms with Crippen LogP contribution in [-0.2, 0) is 18.3 Å². The maximum Gasteiger partial charge on any atom is 0.407 e. The quantitative estimate of drug-likeness (QED) is 0.261. The highest BCUT2D eigenvalue weighted by molar-refractivity contribution is 9.10. The molecule has 222 valence electrons. The first-order valence-corrected chi connectivity index (χ1v) is 15.4. The number of imidazole rings is 1. The van der Waals surface area contributed by atoms with Gasteiger partial charge in [0.1, 0.15) is 16.9 Å². The van der Waals surface area contributed by atoms with E-state index in [0.29, 0.717) is 35.8 Å². The van der Waals surface area contributed by atoms with E-state index in [9.17, 15) is 9.59 Å². The van der Waals surface area contributed by atoms with Crippen molar-refractivity contribution in [2.24, 2.45) is 13.0 Å². The largest absolute Gasteiger partial charge is 0.494 e. The van der Waals surface area contributed by atoms with Gasteiger partial charge < -0.3 is 28.8 Å². The van der Waals surface area contributed by atoms with Gasteiger partial charge >= 0.3 is 6.09 Å². The first-order valence-electron chi connectivity index (χ1n) is 14.6. The molecule has 4 aromatic rings. The third-order valence-corrected chi connectivity index (χ3v) is 8.71. The predicted molar refractivity (Wildman–Crippen MR) is 167 cm³/mol. The molecule has 2 aromatic carbocycles. The second-order valence-corrected chi connectivity index (χ2v) is 13.4.